The van der Waals surface area contributed by atoms with E-state index in [2.05, 4.69) is 123 Å². The smallest absolute Gasteiger partial charge is 0.289 e. The molecule has 16 aromatic rings. The number of halogens is 4. The second-order valence-corrected chi connectivity index (χ2v) is 44.5. The third-order valence-corrected chi connectivity index (χ3v) is 27.1. The van der Waals surface area contributed by atoms with Crippen LogP contribution in [0.4, 0.5) is 17.6 Å². The molecule has 4 saturated heterocycles. The van der Waals surface area contributed by atoms with Gasteiger partial charge in [0.1, 0.15) is 70.1 Å². The number of H-pyrrole nitrogens is 2. The van der Waals surface area contributed by atoms with E-state index in [4.69, 9.17) is 40.3 Å². The van der Waals surface area contributed by atoms with Crippen LogP contribution in [0.5, 0.6) is 0 Å². The molecule has 0 aliphatic carbocycles. The topological polar surface area (TPSA) is 392 Å². The van der Waals surface area contributed by atoms with Gasteiger partial charge in [-0.15, -0.1) is 0 Å². The lowest BCUT2D eigenvalue weighted by atomic mass is 9.87. The van der Waals surface area contributed by atoms with E-state index in [9.17, 15) is 55.9 Å². The van der Waals surface area contributed by atoms with Crippen molar-refractivity contribution in [1.82, 2.24) is 137 Å². The summed E-state index contributed by atoms with van der Waals surface area (Å²) in [5.41, 5.74) is 10.5. The summed E-state index contributed by atoms with van der Waals surface area (Å²) in [5, 5.41) is 18.8. The quantitative estimate of drug-likeness (QED) is 0.107. The zero-order valence-electron chi connectivity index (χ0n) is 87.5. The number of amides is 8. The molecular weight excluding hydrogens is 1920 g/mol. The SMILES string of the molecule is CC(C)(C)c1cc(-c2ccc(F)cc2)nn2cc(C(=O)N3CCN(C(=O)c4ccncn4)CC3(C)C)nc12.CC(C)(C)c1cc(-c2ccc(F)cc2)nn2cc(C(=O)N3CCN(C(=O)c4cnc[nH]4)CC3(C)C)nc12.CC(C)(C)c1cc(-c2ccc(F)cc2)nn2cc(C(=O)N3CCN(C(=O)c4cncnc4)CC3(C)C)nc12.CC(C)(C)c1cc(-c2ccc(F)cc2)nn2cc(C(=O)N3CCN(C(=O)c4ncc[nH]4)CC3(C)C)nc12. The lowest BCUT2D eigenvalue weighted by Gasteiger charge is -2.46. The molecule has 150 heavy (non-hydrogen) atoms. The maximum atomic E-state index is 13.7. The van der Waals surface area contributed by atoms with Crippen LogP contribution in [0, 0.1) is 23.3 Å². The molecule has 40 heteroatoms. The van der Waals surface area contributed by atoms with E-state index in [0.717, 1.165) is 44.5 Å². The third kappa shape index (κ3) is 22.2. The Bertz CT molecular complexity index is 7320. The number of fused-ring (bicyclic) bond motifs is 4. The second-order valence-electron chi connectivity index (χ2n) is 44.5. The van der Waals surface area contributed by atoms with E-state index in [1.54, 1.807) is 149 Å². The van der Waals surface area contributed by atoms with Gasteiger partial charge in [-0.3, -0.25) is 38.4 Å². The fraction of sp³-hybridized carbons (Fsp3) is 0.364. The molecule has 0 spiro atoms. The molecular formula is C110H120F4N28O8. The predicted molar refractivity (Wildman–Crippen MR) is 554 cm³/mol. The van der Waals surface area contributed by atoms with Crippen molar-refractivity contribution in [3.05, 3.63) is 299 Å². The zero-order valence-corrected chi connectivity index (χ0v) is 87.5. The van der Waals surface area contributed by atoms with E-state index < -0.39 is 22.2 Å². The molecule has 0 atom stereocenters. The summed E-state index contributed by atoms with van der Waals surface area (Å²) in [6, 6.07) is 34.1. The van der Waals surface area contributed by atoms with Crippen LogP contribution in [-0.2, 0) is 21.7 Å². The van der Waals surface area contributed by atoms with Gasteiger partial charge in [0.2, 0.25) is 0 Å². The van der Waals surface area contributed by atoms with Crippen LogP contribution in [0.2, 0.25) is 0 Å². The number of piperazine rings is 4. The van der Waals surface area contributed by atoms with Gasteiger partial charge in [-0.1, -0.05) is 83.1 Å². The molecule has 4 aliphatic rings. The lowest BCUT2D eigenvalue weighted by molar-refractivity contribution is 0.0160. The van der Waals surface area contributed by atoms with Crippen LogP contribution in [0.1, 0.15) is 245 Å². The fourth-order valence-electron chi connectivity index (χ4n) is 19.2. The van der Waals surface area contributed by atoms with Crippen molar-refractivity contribution in [2.75, 3.05) is 78.5 Å². The molecule has 776 valence electrons. The van der Waals surface area contributed by atoms with Crippen molar-refractivity contribution in [2.45, 2.75) is 182 Å². The molecule has 16 heterocycles. The van der Waals surface area contributed by atoms with E-state index in [1.807, 2.05) is 79.7 Å². The van der Waals surface area contributed by atoms with Crippen LogP contribution in [-0.4, -0.2) is 285 Å². The number of nitrogens with zero attached hydrogens (tertiary/aromatic N) is 26. The van der Waals surface area contributed by atoms with Gasteiger partial charge in [0, 0.05) is 154 Å². The first kappa shape index (κ1) is 105. The molecule has 4 aromatic carbocycles. The maximum absolute atomic E-state index is 13.7. The van der Waals surface area contributed by atoms with Gasteiger partial charge < -0.3 is 49.2 Å². The van der Waals surface area contributed by atoms with Crippen LogP contribution in [0.25, 0.3) is 67.6 Å². The predicted octanol–water partition coefficient (Wildman–Crippen LogP) is 15.9. The second kappa shape index (κ2) is 40.6. The number of rotatable bonds is 12. The van der Waals surface area contributed by atoms with E-state index in [1.165, 1.54) is 92.3 Å². The van der Waals surface area contributed by atoms with Gasteiger partial charge in [0.25, 0.3) is 47.3 Å². The Labute approximate surface area is 863 Å². The molecule has 20 rings (SSSR count). The Hall–Kier alpha value is -16.6. The Morgan fingerprint density at radius 2 is 0.607 bits per heavy atom. The summed E-state index contributed by atoms with van der Waals surface area (Å²) in [5.74, 6) is -2.54. The highest BCUT2D eigenvalue weighted by atomic mass is 19.1. The fourth-order valence-corrected chi connectivity index (χ4v) is 19.2. The summed E-state index contributed by atoms with van der Waals surface area (Å²) >= 11 is 0. The zero-order chi connectivity index (χ0) is 108. The average Bonchev–Trinajstić information content (AvgIpc) is 1.59. The standard InChI is InChI=1S/2C28H30FN7O2.2C27H30FN7O2/c1-27(2,3)21-12-22(18-6-8-20(29)9-7-18)33-36-15-23(32-24(21)36)26(38)35-11-10-34(16-28(35,4)5)25(37)19-13-30-17-31-14-19;1-27(2,3)20-14-22(18-6-8-19(29)9-7-18)33-36-15-23(32-24(20)36)26(38)35-13-12-34(16-28(35,4)5)25(37)21-10-11-30-17-31-21;1-26(2,3)19-12-20(17-6-8-18(28)9-7-17)32-35-14-22(31-23(19)35)25(37)34-11-10-33(15-27(34,4)5)24(36)21-13-29-16-30-21;1-26(2,3)19-14-20(17-6-8-18(28)9-7-17)32-35-15-21(31-23(19)35)24(36)34-13-12-33(16-27(34,4)5)25(37)22-29-10-11-30-22/h6-9,12-15,17H,10-11,16H2,1-5H3;6-11,14-15,17H,12-13,16H2,1-5H3;6-9,12-14,16H,10-11,15H2,1-5H3,(H,29,30);6-11,14-15H,12-13,16H2,1-5H3,(H,29,30). The van der Waals surface area contributed by atoms with Gasteiger partial charge >= 0.3 is 0 Å². The summed E-state index contributed by atoms with van der Waals surface area (Å²) in [4.78, 5) is 169. The van der Waals surface area contributed by atoms with Crippen LogP contribution < -0.4 is 0 Å². The van der Waals surface area contributed by atoms with Crippen molar-refractivity contribution in [3.8, 4) is 45.0 Å². The minimum Gasteiger partial charge on any atom is -0.341 e. The highest BCUT2D eigenvalue weighted by Gasteiger charge is 2.46. The number of benzene rings is 4. The normalized spacial score (nSPS) is 15.7. The van der Waals surface area contributed by atoms with Gasteiger partial charge in [-0.25, -0.2) is 85.5 Å². The van der Waals surface area contributed by atoms with Gasteiger partial charge in [-0.2, -0.15) is 20.4 Å². The first-order chi connectivity index (χ1) is 70.7. The molecule has 8 amide bonds. The van der Waals surface area contributed by atoms with Crippen molar-refractivity contribution >= 4 is 69.8 Å². The highest BCUT2D eigenvalue weighted by molar-refractivity contribution is 5.99. The molecule has 2 N–H and O–H groups in total. The summed E-state index contributed by atoms with van der Waals surface area (Å²) in [6.45, 7) is 44.9. The van der Waals surface area contributed by atoms with Crippen molar-refractivity contribution in [1.29, 1.82) is 0 Å². The Kier molecular flexibility index (Phi) is 28.3. The van der Waals surface area contributed by atoms with Crippen molar-refractivity contribution in [2.24, 2.45) is 0 Å². The monoisotopic (exact) mass is 2040 g/mol. The Balaban J connectivity index is 0.000000136. The highest BCUT2D eigenvalue weighted by Crippen LogP contribution is 2.39. The number of carbonyl (C=O) groups excluding carboxylic acids is 8. The number of aromatic amines is 2. The van der Waals surface area contributed by atoms with E-state index in [-0.39, 0.29) is 121 Å². The van der Waals surface area contributed by atoms with Gasteiger partial charge in [-0.05, 0) is 204 Å². The number of imidazole rings is 6. The molecule has 0 unspecified atom stereocenters. The van der Waals surface area contributed by atoms with E-state index in [0.29, 0.717) is 141 Å². The van der Waals surface area contributed by atoms with E-state index >= 15 is 0 Å². The number of carbonyl (C=O) groups is 8. The van der Waals surface area contributed by atoms with Crippen LogP contribution in [0.3, 0.4) is 0 Å². The first-order valence-electron chi connectivity index (χ1n) is 49.4. The largest absolute Gasteiger partial charge is 0.341 e. The Morgan fingerprint density at radius 1 is 0.307 bits per heavy atom. The number of nitrogens with one attached hydrogen (secondary N) is 2. The maximum Gasteiger partial charge on any atom is 0.289 e. The molecule has 4 aliphatic heterocycles. The molecule has 0 saturated carbocycles. The number of hydrogen-bond acceptors (Lipinski definition) is 22. The average molecular weight is 2040 g/mol. The van der Waals surface area contributed by atoms with Gasteiger partial charge in [0.15, 0.2) is 28.4 Å². The molecule has 4 fully saturated rings. The minimum atomic E-state index is -0.632. The molecule has 0 bridgehead atoms. The summed E-state index contributed by atoms with van der Waals surface area (Å²) in [6.07, 6.45) is 20.0. The van der Waals surface area contributed by atoms with Crippen LogP contribution in [0.15, 0.2) is 208 Å². The number of aromatic nitrogens is 20. The lowest BCUT2D eigenvalue weighted by Crippen LogP contribution is -2.62. The summed E-state index contributed by atoms with van der Waals surface area (Å²) in [7, 11) is 0. The number of hydrogen-bond donors (Lipinski definition) is 2. The third-order valence-electron chi connectivity index (χ3n) is 27.1. The van der Waals surface area contributed by atoms with Gasteiger partial charge in [0.05, 0.1) is 87.8 Å². The van der Waals surface area contributed by atoms with Crippen molar-refractivity contribution in [3.63, 3.8) is 0 Å². The molecule has 12 aromatic heterocycles. The minimum absolute atomic E-state index is 0.141. The van der Waals surface area contributed by atoms with Crippen molar-refractivity contribution < 1.29 is 55.9 Å². The Morgan fingerprint density at radius 3 is 0.873 bits per heavy atom. The first-order valence-corrected chi connectivity index (χ1v) is 49.4. The molecule has 0 radical (unpaired) electrons. The summed E-state index contributed by atoms with van der Waals surface area (Å²) < 4.78 is 60.5. The molecule has 36 nitrogen and oxygen atoms in total. The van der Waals surface area contributed by atoms with Crippen LogP contribution >= 0.6 is 0 Å².